The number of hydrogen-bond acceptors (Lipinski definition) is 3. The minimum absolute atomic E-state index is 0.00338. The maximum Gasteiger partial charge on any atom is 0.253 e. The number of nitrogens with zero attached hydrogens (tertiary/aromatic N) is 1. The quantitative estimate of drug-likeness (QED) is 0.433. The lowest BCUT2D eigenvalue weighted by Crippen LogP contribution is -2.22. The second kappa shape index (κ2) is 8.78. The van der Waals surface area contributed by atoms with Crippen LogP contribution in [0.3, 0.4) is 0 Å². The molecule has 0 aliphatic rings. The van der Waals surface area contributed by atoms with Crippen LogP contribution in [-0.4, -0.2) is 24.0 Å². The van der Waals surface area contributed by atoms with Gasteiger partial charge < -0.3 is 9.72 Å². The number of nitrogens with one attached hydrogen (secondary N) is 1. The predicted molar refractivity (Wildman–Crippen MR) is 123 cm³/mol. The largest absolute Gasteiger partial charge is 0.348 e. The van der Waals surface area contributed by atoms with Gasteiger partial charge in [-0.3, -0.25) is 4.79 Å². The van der Waals surface area contributed by atoms with Crippen LogP contribution in [0.15, 0.2) is 78.0 Å². The number of hydrogen-bond donors (Lipinski definition) is 1. The van der Waals surface area contributed by atoms with Crippen molar-refractivity contribution in [2.45, 2.75) is 30.5 Å². The highest BCUT2D eigenvalue weighted by Crippen LogP contribution is 2.24. The minimum Gasteiger partial charge on any atom is -0.348 e. The number of sulfone groups is 1. The molecule has 0 saturated carbocycles. The molecule has 0 saturated heterocycles. The zero-order chi connectivity index (χ0) is 23.8. The van der Waals surface area contributed by atoms with E-state index < -0.39 is 26.7 Å². The van der Waals surface area contributed by atoms with Crippen LogP contribution in [0.5, 0.6) is 0 Å². The maximum absolute atomic E-state index is 13.3. The van der Waals surface area contributed by atoms with Crippen molar-refractivity contribution in [3.05, 3.63) is 95.8 Å². The molecule has 4 aromatic rings. The monoisotopic (exact) mass is 468 g/mol. The highest BCUT2D eigenvalue weighted by molar-refractivity contribution is 7.92. The zero-order valence-corrected chi connectivity index (χ0v) is 18.9. The summed E-state index contributed by atoms with van der Waals surface area (Å²) in [6.07, 6.45) is 3.51. The van der Waals surface area contributed by atoms with Gasteiger partial charge in [-0.15, -0.1) is 0 Å². The Balaban J connectivity index is 1.53. The van der Waals surface area contributed by atoms with Crippen molar-refractivity contribution in [3.63, 3.8) is 0 Å². The Morgan fingerprint density at radius 3 is 2.18 bits per heavy atom. The van der Waals surface area contributed by atoms with E-state index in [-0.39, 0.29) is 17.3 Å². The van der Waals surface area contributed by atoms with Gasteiger partial charge in [0, 0.05) is 30.5 Å². The summed E-state index contributed by atoms with van der Waals surface area (Å²) in [5, 5.41) is 2.17. The summed E-state index contributed by atoms with van der Waals surface area (Å²) in [6.45, 7) is 3.29. The normalized spacial score (nSPS) is 11.8. The predicted octanol–water partition coefficient (Wildman–Crippen LogP) is 5.00. The van der Waals surface area contributed by atoms with Crippen LogP contribution in [0.25, 0.3) is 16.6 Å². The van der Waals surface area contributed by atoms with E-state index in [1.54, 1.807) is 54.8 Å². The number of amides is 1. The van der Waals surface area contributed by atoms with E-state index in [0.29, 0.717) is 11.1 Å². The highest BCUT2D eigenvalue weighted by atomic mass is 32.2. The lowest BCUT2D eigenvalue weighted by Gasteiger charge is -2.09. The molecule has 2 aromatic carbocycles. The molecule has 2 heterocycles. The summed E-state index contributed by atoms with van der Waals surface area (Å²) >= 11 is 0. The van der Waals surface area contributed by atoms with E-state index in [1.165, 1.54) is 12.1 Å². The van der Waals surface area contributed by atoms with E-state index in [1.807, 2.05) is 18.3 Å². The molecular formula is C25H22F2N2O3S. The van der Waals surface area contributed by atoms with Crippen molar-refractivity contribution in [1.82, 2.24) is 9.72 Å². The summed E-state index contributed by atoms with van der Waals surface area (Å²) in [5.41, 5.74) is 3.22. The number of fused-ring (bicyclic) bond motifs is 1. The van der Waals surface area contributed by atoms with Gasteiger partial charge in [-0.1, -0.05) is 18.2 Å². The highest BCUT2D eigenvalue weighted by Gasteiger charge is 2.19. The SMILES string of the molecule is CC(C)S(=O)(=O)c1ccc(-c2ccc3cc(C(=O)NCc4cc(F)cc(F)c4)cn3c2)cc1. The smallest absolute Gasteiger partial charge is 0.253 e. The van der Waals surface area contributed by atoms with Crippen LogP contribution in [0, 0.1) is 11.6 Å². The Bertz CT molecular complexity index is 1420. The topological polar surface area (TPSA) is 67.7 Å². The van der Waals surface area contributed by atoms with Crippen molar-refractivity contribution >= 4 is 21.3 Å². The number of carbonyl (C=O) groups is 1. The van der Waals surface area contributed by atoms with Crippen LogP contribution >= 0.6 is 0 Å². The fourth-order valence-corrected chi connectivity index (χ4v) is 4.57. The molecule has 2 aromatic heterocycles. The van der Waals surface area contributed by atoms with E-state index in [4.69, 9.17) is 0 Å². The fraction of sp³-hybridized carbons (Fsp3) is 0.160. The molecule has 0 bridgehead atoms. The third kappa shape index (κ3) is 4.80. The maximum atomic E-state index is 13.3. The van der Waals surface area contributed by atoms with Gasteiger partial charge in [-0.25, -0.2) is 17.2 Å². The average Bonchev–Trinajstić information content (AvgIpc) is 3.20. The molecule has 0 fully saturated rings. The Morgan fingerprint density at radius 1 is 0.909 bits per heavy atom. The van der Waals surface area contributed by atoms with E-state index in [9.17, 15) is 22.0 Å². The van der Waals surface area contributed by atoms with Crippen molar-refractivity contribution in [2.24, 2.45) is 0 Å². The summed E-state index contributed by atoms with van der Waals surface area (Å²) in [4.78, 5) is 12.8. The molecule has 0 aliphatic carbocycles. The second-order valence-corrected chi connectivity index (χ2v) is 10.6. The number of pyridine rings is 1. The summed E-state index contributed by atoms with van der Waals surface area (Å²) in [6, 6.07) is 15.3. The molecule has 0 atom stereocenters. The Labute approximate surface area is 190 Å². The number of aromatic nitrogens is 1. The second-order valence-electron chi connectivity index (χ2n) is 8.06. The molecule has 0 radical (unpaired) electrons. The molecule has 8 heteroatoms. The molecule has 33 heavy (non-hydrogen) atoms. The van der Waals surface area contributed by atoms with Crippen LogP contribution in [0.1, 0.15) is 29.8 Å². The first-order valence-corrected chi connectivity index (χ1v) is 11.9. The van der Waals surface area contributed by atoms with Gasteiger partial charge >= 0.3 is 0 Å². The summed E-state index contributed by atoms with van der Waals surface area (Å²) < 4.78 is 53.1. The summed E-state index contributed by atoms with van der Waals surface area (Å²) in [5.74, 6) is -1.76. The van der Waals surface area contributed by atoms with Crippen LogP contribution in [0.4, 0.5) is 8.78 Å². The van der Waals surface area contributed by atoms with Gasteiger partial charge in [0.15, 0.2) is 9.84 Å². The number of halogens is 2. The molecule has 4 rings (SSSR count). The van der Waals surface area contributed by atoms with Crippen LogP contribution in [0.2, 0.25) is 0 Å². The van der Waals surface area contributed by atoms with Gasteiger partial charge in [-0.2, -0.15) is 0 Å². The Kier molecular flexibility index (Phi) is 6.03. The van der Waals surface area contributed by atoms with Gasteiger partial charge in [0.05, 0.1) is 15.7 Å². The van der Waals surface area contributed by atoms with Gasteiger partial charge in [0.2, 0.25) is 0 Å². The first kappa shape index (κ1) is 22.7. The van der Waals surface area contributed by atoms with Crippen LogP contribution < -0.4 is 5.32 Å². The standard InChI is InChI=1S/C25H22F2N2O3S/c1-16(2)33(31,32)24-7-4-18(5-8-24)19-3-6-23-11-20(15-29(23)14-19)25(30)28-13-17-9-21(26)12-22(27)10-17/h3-12,14-16H,13H2,1-2H3,(H,28,30). The number of carbonyl (C=O) groups excluding carboxylic acids is 1. The van der Waals surface area contributed by atoms with Crippen molar-refractivity contribution < 1.29 is 22.0 Å². The fourth-order valence-electron chi connectivity index (χ4n) is 3.51. The third-order valence-corrected chi connectivity index (χ3v) is 7.54. The number of rotatable bonds is 6. The van der Waals surface area contributed by atoms with Gasteiger partial charge in [0.25, 0.3) is 5.91 Å². The molecule has 170 valence electrons. The molecule has 5 nitrogen and oxygen atoms in total. The minimum atomic E-state index is -3.34. The summed E-state index contributed by atoms with van der Waals surface area (Å²) in [7, 11) is -3.34. The van der Waals surface area contributed by atoms with Crippen molar-refractivity contribution in [2.75, 3.05) is 0 Å². The van der Waals surface area contributed by atoms with E-state index in [2.05, 4.69) is 5.32 Å². The van der Waals surface area contributed by atoms with Crippen LogP contribution in [-0.2, 0) is 16.4 Å². The molecular weight excluding hydrogens is 446 g/mol. The first-order valence-electron chi connectivity index (χ1n) is 10.3. The average molecular weight is 469 g/mol. The molecule has 1 amide bonds. The van der Waals surface area contributed by atoms with E-state index in [0.717, 1.165) is 22.7 Å². The first-order chi connectivity index (χ1) is 15.6. The van der Waals surface area contributed by atoms with Crippen molar-refractivity contribution in [1.29, 1.82) is 0 Å². The van der Waals surface area contributed by atoms with E-state index >= 15 is 0 Å². The zero-order valence-electron chi connectivity index (χ0n) is 18.0. The van der Waals surface area contributed by atoms with Gasteiger partial charge in [0.1, 0.15) is 11.6 Å². The lowest BCUT2D eigenvalue weighted by atomic mass is 10.1. The molecule has 1 N–H and O–H groups in total. The lowest BCUT2D eigenvalue weighted by molar-refractivity contribution is 0.0951. The molecule has 0 unspecified atom stereocenters. The molecule has 0 spiro atoms. The number of benzene rings is 2. The molecule has 0 aliphatic heterocycles. The van der Waals surface area contributed by atoms with Crippen molar-refractivity contribution in [3.8, 4) is 11.1 Å². The third-order valence-electron chi connectivity index (χ3n) is 5.37. The van der Waals surface area contributed by atoms with Gasteiger partial charge in [-0.05, 0) is 66.9 Å². The Morgan fingerprint density at radius 2 is 1.55 bits per heavy atom. The Hall–Kier alpha value is -3.52.